The Balaban J connectivity index is 0.000000796. The molecule has 1 fully saturated rings. The van der Waals surface area contributed by atoms with Gasteiger partial charge < -0.3 is 15.2 Å². The number of hydrogen-bond acceptors (Lipinski definition) is 3. The van der Waals surface area contributed by atoms with E-state index in [0.717, 1.165) is 13.5 Å². The Morgan fingerprint density at radius 3 is 2.25 bits per heavy atom. The van der Waals surface area contributed by atoms with Gasteiger partial charge in [0.25, 0.3) is 5.97 Å². The van der Waals surface area contributed by atoms with Crippen LogP contribution in [0.5, 0.6) is 0 Å². The molecule has 5 nitrogen and oxygen atoms in total. The molecule has 20 heavy (non-hydrogen) atoms. The molecule has 1 atom stereocenters. The van der Waals surface area contributed by atoms with Gasteiger partial charge in [-0.1, -0.05) is 44.7 Å². The number of alkyl halides is 1. The first-order chi connectivity index (χ1) is 9.32. The molecular formula is C14H26ClNO4. The van der Waals surface area contributed by atoms with Crippen LogP contribution in [-0.4, -0.2) is 29.3 Å². The molecule has 0 aromatic carbocycles. The van der Waals surface area contributed by atoms with E-state index in [1.165, 1.54) is 32.1 Å². The summed E-state index contributed by atoms with van der Waals surface area (Å²) in [5.74, 6) is -0.0729. The predicted molar refractivity (Wildman–Crippen MR) is 78.8 cm³/mol. The van der Waals surface area contributed by atoms with E-state index < -0.39 is 11.5 Å². The van der Waals surface area contributed by atoms with Crippen molar-refractivity contribution < 1.29 is 19.4 Å². The SMILES string of the molecule is CC(=O)O.CC(C)C(Cl)OC(=O)NCC1CCCCC1. The van der Waals surface area contributed by atoms with Crippen LogP contribution in [0, 0.1) is 11.8 Å². The van der Waals surface area contributed by atoms with Gasteiger partial charge in [-0.2, -0.15) is 0 Å². The summed E-state index contributed by atoms with van der Waals surface area (Å²) in [5.41, 5.74) is -0.536. The van der Waals surface area contributed by atoms with Crippen molar-refractivity contribution in [2.45, 2.75) is 58.4 Å². The molecule has 1 aliphatic rings. The fourth-order valence-corrected chi connectivity index (χ4v) is 1.98. The monoisotopic (exact) mass is 307 g/mol. The third-order valence-corrected chi connectivity index (χ3v) is 3.60. The van der Waals surface area contributed by atoms with Crippen molar-refractivity contribution in [2.24, 2.45) is 11.8 Å². The number of carbonyl (C=O) groups is 2. The summed E-state index contributed by atoms with van der Waals surface area (Å²) in [6.45, 7) is 5.65. The number of carbonyl (C=O) groups excluding carboxylic acids is 1. The normalized spacial score (nSPS) is 16.9. The minimum atomic E-state index is -0.833. The van der Waals surface area contributed by atoms with Gasteiger partial charge in [-0.3, -0.25) is 4.79 Å². The van der Waals surface area contributed by atoms with Crippen molar-refractivity contribution in [3.8, 4) is 0 Å². The average molecular weight is 308 g/mol. The van der Waals surface area contributed by atoms with E-state index in [1.807, 2.05) is 13.8 Å². The van der Waals surface area contributed by atoms with E-state index in [2.05, 4.69) is 5.32 Å². The first kappa shape index (κ1) is 19.0. The molecule has 0 heterocycles. The number of aliphatic carboxylic acids is 1. The number of ether oxygens (including phenoxy) is 1. The Morgan fingerprint density at radius 2 is 1.80 bits per heavy atom. The zero-order valence-corrected chi connectivity index (χ0v) is 13.3. The molecule has 1 unspecified atom stereocenters. The molecule has 0 aliphatic heterocycles. The van der Waals surface area contributed by atoms with Crippen LogP contribution < -0.4 is 5.32 Å². The molecule has 0 radical (unpaired) electrons. The van der Waals surface area contributed by atoms with Crippen LogP contribution in [-0.2, 0) is 9.53 Å². The lowest BCUT2D eigenvalue weighted by atomic mass is 9.89. The lowest BCUT2D eigenvalue weighted by molar-refractivity contribution is -0.134. The number of rotatable bonds is 4. The fraction of sp³-hybridized carbons (Fsp3) is 0.857. The number of carboxylic acid groups (broad SMARTS) is 1. The molecule has 0 spiro atoms. The molecule has 0 saturated heterocycles. The van der Waals surface area contributed by atoms with E-state index in [-0.39, 0.29) is 12.0 Å². The summed E-state index contributed by atoms with van der Waals surface area (Å²) in [6, 6.07) is 0. The van der Waals surface area contributed by atoms with Crippen LogP contribution in [0.3, 0.4) is 0 Å². The van der Waals surface area contributed by atoms with E-state index in [4.69, 9.17) is 26.2 Å². The van der Waals surface area contributed by atoms with Crippen LogP contribution in [0.15, 0.2) is 0 Å². The molecule has 0 aromatic rings. The van der Waals surface area contributed by atoms with Gasteiger partial charge in [0.2, 0.25) is 0 Å². The van der Waals surface area contributed by atoms with Crippen molar-refractivity contribution >= 4 is 23.7 Å². The van der Waals surface area contributed by atoms with Gasteiger partial charge in [0.1, 0.15) is 0 Å². The van der Waals surface area contributed by atoms with Crippen LogP contribution in [0.4, 0.5) is 4.79 Å². The highest BCUT2D eigenvalue weighted by atomic mass is 35.5. The molecule has 2 N–H and O–H groups in total. The van der Waals surface area contributed by atoms with Crippen molar-refractivity contribution in [3.05, 3.63) is 0 Å². The highest BCUT2D eigenvalue weighted by Crippen LogP contribution is 2.22. The van der Waals surface area contributed by atoms with Gasteiger partial charge in [0, 0.05) is 19.4 Å². The topological polar surface area (TPSA) is 75.6 Å². The number of hydrogen-bond donors (Lipinski definition) is 2. The first-order valence-corrected chi connectivity index (χ1v) is 7.54. The van der Waals surface area contributed by atoms with Gasteiger partial charge >= 0.3 is 6.09 Å². The van der Waals surface area contributed by atoms with Gasteiger partial charge in [0.15, 0.2) is 5.56 Å². The maximum Gasteiger partial charge on any atom is 0.408 e. The second kappa shape index (κ2) is 10.8. The van der Waals surface area contributed by atoms with Gasteiger partial charge in [-0.15, -0.1) is 0 Å². The number of halogens is 1. The predicted octanol–water partition coefficient (Wildman–Crippen LogP) is 3.60. The minimum Gasteiger partial charge on any atom is -0.481 e. The smallest absolute Gasteiger partial charge is 0.408 e. The number of nitrogens with one attached hydrogen (secondary N) is 1. The van der Waals surface area contributed by atoms with Gasteiger partial charge in [-0.25, -0.2) is 4.79 Å². The van der Waals surface area contributed by atoms with Crippen LogP contribution in [0.1, 0.15) is 52.9 Å². The van der Waals surface area contributed by atoms with Crippen LogP contribution >= 0.6 is 11.6 Å². The zero-order valence-electron chi connectivity index (χ0n) is 12.5. The second-order valence-corrected chi connectivity index (χ2v) is 5.83. The average Bonchev–Trinajstić information content (AvgIpc) is 2.36. The summed E-state index contributed by atoms with van der Waals surface area (Å²) >= 11 is 5.85. The maximum absolute atomic E-state index is 11.4. The van der Waals surface area contributed by atoms with Crippen LogP contribution in [0.25, 0.3) is 0 Å². The van der Waals surface area contributed by atoms with Crippen LogP contribution in [0.2, 0.25) is 0 Å². The van der Waals surface area contributed by atoms with E-state index >= 15 is 0 Å². The Morgan fingerprint density at radius 1 is 1.30 bits per heavy atom. The number of carboxylic acids is 1. The van der Waals surface area contributed by atoms with E-state index in [9.17, 15) is 4.79 Å². The largest absolute Gasteiger partial charge is 0.481 e. The van der Waals surface area contributed by atoms with Crippen molar-refractivity contribution in [1.29, 1.82) is 0 Å². The quantitative estimate of drug-likeness (QED) is 0.778. The number of amides is 1. The Labute approximate surface area is 126 Å². The Kier molecular flexibility index (Phi) is 10.3. The lowest BCUT2D eigenvalue weighted by Gasteiger charge is -2.22. The van der Waals surface area contributed by atoms with Gasteiger partial charge in [-0.05, 0) is 18.8 Å². The first-order valence-electron chi connectivity index (χ1n) is 7.11. The molecule has 118 valence electrons. The summed E-state index contributed by atoms with van der Waals surface area (Å²) in [4.78, 5) is 20.4. The summed E-state index contributed by atoms with van der Waals surface area (Å²) < 4.78 is 5.02. The maximum atomic E-state index is 11.4. The van der Waals surface area contributed by atoms with Crippen molar-refractivity contribution in [3.63, 3.8) is 0 Å². The number of alkyl carbamates (subject to hydrolysis) is 1. The standard InChI is InChI=1S/C12H22ClNO2.C2H4O2/c1-9(2)11(13)16-12(15)14-8-10-6-4-3-5-7-10;1-2(3)4/h9-11H,3-8H2,1-2H3,(H,14,15);1H3,(H,3,4). The third-order valence-electron chi connectivity index (χ3n) is 3.00. The lowest BCUT2D eigenvalue weighted by Crippen LogP contribution is -2.33. The molecule has 1 amide bonds. The van der Waals surface area contributed by atoms with Crippen molar-refractivity contribution in [1.82, 2.24) is 5.32 Å². The fourth-order valence-electron chi connectivity index (χ4n) is 1.90. The molecule has 1 rings (SSSR count). The van der Waals surface area contributed by atoms with E-state index in [1.54, 1.807) is 0 Å². The summed E-state index contributed by atoms with van der Waals surface area (Å²) in [7, 11) is 0. The molecular weight excluding hydrogens is 282 g/mol. The molecule has 1 saturated carbocycles. The summed E-state index contributed by atoms with van der Waals surface area (Å²) in [6.07, 6.45) is 5.94. The highest BCUT2D eigenvalue weighted by molar-refractivity contribution is 6.20. The molecule has 0 aromatic heterocycles. The minimum absolute atomic E-state index is 0.141. The second-order valence-electron chi connectivity index (χ2n) is 5.40. The third kappa shape index (κ3) is 10.9. The Bertz CT molecular complexity index is 287. The molecule has 0 bridgehead atoms. The molecule has 6 heteroatoms. The zero-order chi connectivity index (χ0) is 15.5. The summed E-state index contributed by atoms with van der Waals surface area (Å²) in [5, 5.41) is 10.2. The van der Waals surface area contributed by atoms with Crippen molar-refractivity contribution in [2.75, 3.05) is 6.54 Å². The van der Waals surface area contributed by atoms with E-state index in [0.29, 0.717) is 5.92 Å². The molecule has 1 aliphatic carbocycles. The Hall–Kier alpha value is -0.970. The highest BCUT2D eigenvalue weighted by Gasteiger charge is 2.17. The van der Waals surface area contributed by atoms with Gasteiger partial charge in [0.05, 0.1) is 0 Å².